The number of rotatable bonds is 4. The highest BCUT2D eigenvalue weighted by Gasteiger charge is 2.38. The number of nitrogens with zero attached hydrogens (tertiary/aromatic N) is 2. The van der Waals surface area contributed by atoms with E-state index in [1.54, 1.807) is 4.90 Å². The van der Waals surface area contributed by atoms with Crippen LogP contribution in [0.25, 0.3) is 0 Å². The normalized spacial score (nSPS) is 22.2. The Bertz CT molecular complexity index is 721. The summed E-state index contributed by atoms with van der Waals surface area (Å²) in [5.74, 6) is 1.85. The molecule has 1 atom stereocenters. The Labute approximate surface area is 171 Å². The van der Waals surface area contributed by atoms with Gasteiger partial charge in [0.05, 0.1) is 5.92 Å². The highest BCUT2D eigenvalue weighted by molar-refractivity contribution is 6.00. The van der Waals surface area contributed by atoms with Gasteiger partial charge in [-0.1, -0.05) is 0 Å². The second-order valence-electron chi connectivity index (χ2n) is 7.56. The van der Waals surface area contributed by atoms with Crippen molar-refractivity contribution in [2.75, 3.05) is 51.3 Å². The van der Waals surface area contributed by atoms with Crippen molar-refractivity contribution in [1.82, 2.24) is 10.2 Å². The second kappa shape index (κ2) is 9.01. The largest absolute Gasteiger partial charge is 0.486 e. The molecule has 0 spiro atoms. The number of anilines is 1. The van der Waals surface area contributed by atoms with E-state index in [9.17, 15) is 9.59 Å². The molecule has 0 saturated carbocycles. The first-order valence-corrected chi connectivity index (χ1v) is 9.79. The predicted octanol–water partition coefficient (Wildman–Crippen LogP) is 1.69. The van der Waals surface area contributed by atoms with Crippen molar-refractivity contribution in [3.8, 4) is 11.5 Å². The SMILES string of the molecule is CNCC1CCN(C(=O)C2CC(=O)N(c3ccc4c(c3)OCCO4)C2)CC1.Cl. The van der Waals surface area contributed by atoms with Crippen LogP contribution in [0.3, 0.4) is 0 Å². The number of hydrogen-bond acceptors (Lipinski definition) is 5. The number of likely N-dealkylation sites (tertiary alicyclic amines) is 1. The van der Waals surface area contributed by atoms with Gasteiger partial charge >= 0.3 is 0 Å². The Kier molecular flexibility index (Phi) is 6.67. The molecular weight excluding hydrogens is 382 g/mol. The quantitative estimate of drug-likeness (QED) is 0.819. The van der Waals surface area contributed by atoms with E-state index in [2.05, 4.69) is 5.32 Å². The maximum Gasteiger partial charge on any atom is 0.228 e. The van der Waals surface area contributed by atoms with Crippen molar-refractivity contribution >= 4 is 29.9 Å². The fourth-order valence-electron chi connectivity index (χ4n) is 4.23. The molecule has 0 bridgehead atoms. The number of ether oxygens (including phenoxy) is 2. The Balaban J connectivity index is 0.00000225. The zero-order chi connectivity index (χ0) is 18.8. The number of hydrogen-bond donors (Lipinski definition) is 1. The summed E-state index contributed by atoms with van der Waals surface area (Å²) in [7, 11) is 1.97. The molecule has 154 valence electrons. The minimum atomic E-state index is -0.258. The summed E-state index contributed by atoms with van der Waals surface area (Å²) < 4.78 is 11.2. The standard InChI is InChI=1S/C20H27N3O4.ClH/c1-21-12-14-4-6-22(7-5-14)20(25)15-10-19(24)23(13-15)16-2-3-17-18(11-16)27-9-8-26-17;/h2-3,11,14-15,21H,4-10,12-13H2,1H3;1H. The molecule has 3 heterocycles. The van der Waals surface area contributed by atoms with Gasteiger partial charge in [-0.2, -0.15) is 0 Å². The third kappa shape index (κ3) is 4.20. The third-order valence-electron chi connectivity index (χ3n) is 5.73. The fraction of sp³-hybridized carbons (Fsp3) is 0.600. The number of amides is 2. The van der Waals surface area contributed by atoms with E-state index in [4.69, 9.17) is 9.47 Å². The van der Waals surface area contributed by atoms with Gasteiger partial charge < -0.3 is 24.6 Å². The van der Waals surface area contributed by atoms with Crippen molar-refractivity contribution in [2.24, 2.45) is 11.8 Å². The Hall–Kier alpha value is -1.99. The highest BCUT2D eigenvalue weighted by Crippen LogP contribution is 2.36. The average Bonchev–Trinajstić information content (AvgIpc) is 3.09. The highest BCUT2D eigenvalue weighted by atomic mass is 35.5. The first-order valence-electron chi connectivity index (χ1n) is 9.79. The monoisotopic (exact) mass is 409 g/mol. The van der Waals surface area contributed by atoms with E-state index in [0.29, 0.717) is 37.2 Å². The van der Waals surface area contributed by atoms with Gasteiger partial charge in [0.15, 0.2) is 11.5 Å². The number of nitrogens with one attached hydrogen (secondary N) is 1. The van der Waals surface area contributed by atoms with Crippen molar-refractivity contribution in [1.29, 1.82) is 0 Å². The number of halogens is 1. The van der Waals surface area contributed by atoms with Crippen LogP contribution in [-0.2, 0) is 9.59 Å². The van der Waals surface area contributed by atoms with Gasteiger partial charge in [0.1, 0.15) is 13.2 Å². The molecule has 2 saturated heterocycles. The van der Waals surface area contributed by atoms with Gasteiger partial charge in [-0.05, 0) is 44.5 Å². The van der Waals surface area contributed by atoms with Crippen LogP contribution in [0.2, 0.25) is 0 Å². The first kappa shape index (κ1) is 20.7. The molecule has 0 radical (unpaired) electrons. The lowest BCUT2D eigenvalue weighted by Crippen LogP contribution is -2.43. The van der Waals surface area contributed by atoms with E-state index in [0.717, 1.165) is 38.2 Å². The van der Waals surface area contributed by atoms with Gasteiger partial charge in [0, 0.05) is 37.8 Å². The molecule has 4 rings (SSSR count). The molecule has 2 amide bonds. The lowest BCUT2D eigenvalue weighted by molar-refractivity contribution is -0.137. The van der Waals surface area contributed by atoms with Gasteiger partial charge in [-0.15, -0.1) is 12.4 Å². The van der Waals surface area contributed by atoms with Crippen LogP contribution < -0.4 is 19.7 Å². The Morgan fingerprint density at radius 3 is 2.61 bits per heavy atom. The Morgan fingerprint density at radius 2 is 1.89 bits per heavy atom. The zero-order valence-corrected chi connectivity index (χ0v) is 17.0. The molecule has 0 aliphatic carbocycles. The van der Waals surface area contributed by atoms with Crippen LogP contribution in [0.15, 0.2) is 18.2 Å². The fourth-order valence-corrected chi connectivity index (χ4v) is 4.23. The van der Waals surface area contributed by atoms with E-state index in [1.807, 2.05) is 30.1 Å². The third-order valence-corrected chi connectivity index (χ3v) is 5.73. The molecule has 0 aromatic heterocycles. The molecule has 1 unspecified atom stereocenters. The molecule has 3 aliphatic rings. The summed E-state index contributed by atoms with van der Waals surface area (Å²) in [6.07, 6.45) is 2.34. The molecule has 1 aromatic rings. The summed E-state index contributed by atoms with van der Waals surface area (Å²) in [6, 6.07) is 5.53. The summed E-state index contributed by atoms with van der Waals surface area (Å²) in [4.78, 5) is 29.1. The molecule has 28 heavy (non-hydrogen) atoms. The molecule has 7 nitrogen and oxygen atoms in total. The van der Waals surface area contributed by atoms with Crippen molar-refractivity contribution in [2.45, 2.75) is 19.3 Å². The number of carbonyl (C=O) groups is 2. The second-order valence-corrected chi connectivity index (χ2v) is 7.56. The topological polar surface area (TPSA) is 71.1 Å². The van der Waals surface area contributed by atoms with Gasteiger partial charge in [-0.25, -0.2) is 0 Å². The Morgan fingerprint density at radius 1 is 1.18 bits per heavy atom. The molecule has 2 fully saturated rings. The van der Waals surface area contributed by atoms with Crippen LogP contribution in [0.5, 0.6) is 11.5 Å². The van der Waals surface area contributed by atoms with E-state index < -0.39 is 0 Å². The van der Waals surface area contributed by atoms with Gasteiger partial charge in [0.2, 0.25) is 11.8 Å². The number of piperidine rings is 1. The molecule has 1 aromatic carbocycles. The molecular formula is C20H28ClN3O4. The van der Waals surface area contributed by atoms with Crippen LogP contribution in [-0.4, -0.2) is 63.2 Å². The van der Waals surface area contributed by atoms with E-state index >= 15 is 0 Å². The molecule has 8 heteroatoms. The smallest absolute Gasteiger partial charge is 0.228 e. The summed E-state index contributed by atoms with van der Waals surface area (Å²) in [5, 5.41) is 3.21. The minimum Gasteiger partial charge on any atom is -0.486 e. The summed E-state index contributed by atoms with van der Waals surface area (Å²) in [5.41, 5.74) is 0.771. The number of fused-ring (bicyclic) bond motifs is 1. The maximum absolute atomic E-state index is 12.9. The molecule has 3 aliphatic heterocycles. The van der Waals surface area contributed by atoms with E-state index in [1.165, 1.54) is 0 Å². The van der Waals surface area contributed by atoms with Crippen molar-refractivity contribution in [3.05, 3.63) is 18.2 Å². The number of carbonyl (C=O) groups excluding carboxylic acids is 2. The van der Waals surface area contributed by atoms with Crippen LogP contribution >= 0.6 is 12.4 Å². The van der Waals surface area contributed by atoms with E-state index in [-0.39, 0.29) is 36.6 Å². The minimum absolute atomic E-state index is 0. The lowest BCUT2D eigenvalue weighted by Gasteiger charge is -2.33. The summed E-state index contributed by atoms with van der Waals surface area (Å²) in [6.45, 7) is 4.07. The lowest BCUT2D eigenvalue weighted by atomic mass is 9.95. The van der Waals surface area contributed by atoms with Crippen LogP contribution in [0.4, 0.5) is 5.69 Å². The maximum atomic E-state index is 12.9. The number of benzene rings is 1. The molecule has 1 N–H and O–H groups in total. The zero-order valence-electron chi connectivity index (χ0n) is 16.2. The average molecular weight is 410 g/mol. The van der Waals surface area contributed by atoms with Gasteiger partial charge in [-0.3, -0.25) is 9.59 Å². The van der Waals surface area contributed by atoms with Crippen molar-refractivity contribution < 1.29 is 19.1 Å². The van der Waals surface area contributed by atoms with Crippen LogP contribution in [0.1, 0.15) is 19.3 Å². The van der Waals surface area contributed by atoms with Crippen molar-refractivity contribution in [3.63, 3.8) is 0 Å². The first-order chi connectivity index (χ1) is 13.2. The summed E-state index contributed by atoms with van der Waals surface area (Å²) >= 11 is 0. The van der Waals surface area contributed by atoms with Gasteiger partial charge in [0.25, 0.3) is 0 Å². The predicted molar refractivity (Wildman–Crippen MR) is 108 cm³/mol. The van der Waals surface area contributed by atoms with Crippen LogP contribution in [0, 0.1) is 11.8 Å².